The molecule has 0 unspecified atom stereocenters. The van der Waals surface area contributed by atoms with Gasteiger partial charge in [0.05, 0.1) is 50.6 Å². The van der Waals surface area contributed by atoms with Gasteiger partial charge in [0.1, 0.15) is 5.03 Å². The Morgan fingerprint density at radius 2 is 1.65 bits per heavy atom. The van der Waals surface area contributed by atoms with Crippen molar-refractivity contribution in [3.63, 3.8) is 0 Å². The third kappa shape index (κ3) is 5.96. The van der Waals surface area contributed by atoms with Crippen molar-refractivity contribution in [1.29, 1.82) is 0 Å². The van der Waals surface area contributed by atoms with Gasteiger partial charge in [0.2, 0.25) is 11.7 Å². The number of esters is 1. The van der Waals surface area contributed by atoms with Gasteiger partial charge in [0.15, 0.2) is 11.5 Å². The van der Waals surface area contributed by atoms with Crippen LogP contribution in [0.15, 0.2) is 53.6 Å². The van der Waals surface area contributed by atoms with Crippen molar-refractivity contribution < 1.29 is 28.5 Å². The number of aromatic nitrogens is 2. The van der Waals surface area contributed by atoms with E-state index in [0.717, 1.165) is 5.56 Å². The Hall–Kier alpha value is -3.79. The first-order chi connectivity index (χ1) is 16.5. The first-order valence-electron chi connectivity index (χ1n) is 10.3. The molecule has 34 heavy (non-hydrogen) atoms. The molecule has 1 aromatic heterocycles. The summed E-state index contributed by atoms with van der Waals surface area (Å²) < 4.78 is 21.1. The zero-order valence-electron chi connectivity index (χ0n) is 19.3. The maximum absolute atomic E-state index is 12.4. The lowest BCUT2D eigenvalue weighted by molar-refractivity contribution is -0.113. The van der Waals surface area contributed by atoms with Crippen LogP contribution in [0, 0.1) is 0 Å². The summed E-state index contributed by atoms with van der Waals surface area (Å²) in [5.41, 5.74) is 2.05. The SMILES string of the molecule is CCOC(=O)c1ccccc1NC(=O)CSc1ccc(-c2cc(OC)c(OC)c(OC)c2)nn1. The van der Waals surface area contributed by atoms with Crippen molar-refractivity contribution in [2.75, 3.05) is 39.0 Å². The van der Waals surface area contributed by atoms with Crippen molar-refractivity contribution in [1.82, 2.24) is 10.2 Å². The molecule has 2 aromatic carbocycles. The molecule has 0 atom stereocenters. The predicted octanol–water partition coefficient (Wildman–Crippen LogP) is 4.08. The number of hydrogen-bond donors (Lipinski definition) is 1. The van der Waals surface area contributed by atoms with Gasteiger partial charge in [0, 0.05) is 5.56 Å². The Kier molecular flexibility index (Phi) is 8.69. The van der Waals surface area contributed by atoms with Gasteiger partial charge in [-0.3, -0.25) is 4.79 Å². The van der Waals surface area contributed by atoms with Gasteiger partial charge in [0.25, 0.3) is 0 Å². The number of hydrogen-bond acceptors (Lipinski definition) is 9. The lowest BCUT2D eigenvalue weighted by Gasteiger charge is -2.13. The van der Waals surface area contributed by atoms with E-state index in [1.165, 1.54) is 18.9 Å². The van der Waals surface area contributed by atoms with E-state index in [0.29, 0.717) is 39.2 Å². The molecule has 178 valence electrons. The molecular weight excluding hydrogens is 458 g/mol. The maximum Gasteiger partial charge on any atom is 0.340 e. The molecule has 3 rings (SSSR count). The van der Waals surface area contributed by atoms with Crippen LogP contribution in [-0.4, -0.2) is 55.8 Å². The van der Waals surface area contributed by atoms with Crippen LogP contribution < -0.4 is 19.5 Å². The lowest BCUT2D eigenvalue weighted by atomic mass is 10.1. The minimum absolute atomic E-state index is 0.0926. The number of ether oxygens (including phenoxy) is 4. The van der Waals surface area contributed by atoms with Crippen molar-refractivity contribution >= 4 is 29.3 Å². The van der Waals surface area contributed by atoms with Crippen LogP contribution in [0.5, 0.6) is 17.2 Å². The molecule has 0 fully saturated rings. The van der Waals surface area contributed by atoms with E-state index in [9.17, 15) is 9.59 Å². The van der Waals surface area contributed by atoms with Crippen LogP contribution in [0.1, 0.15) is 17.3 Å². The summed E-state index contributed by atoms with van der Waals surface area (Å²) in [5.74, 6) is 0.838. The summed E-state index contributed by atoms with van der Waals surface area (Å²) in [7, 11) is 4.63. The smallest absolute Gasteiger partial charge is 0.340 e. The molecule has 0 spiro atoms. The molecule has 10 heteroatoms. The number of carbonyl (C=O) groups is 2. The Balaban J connectivity index is 1.66. The van der Waals surface area contributed by atoms with E-state index >= 15 is 0 Å². The zero-order chi connectivity index (χ0) is 24.5. The van der Waals surface area contributed by atoms with Crippen LogP contribution in [0.2, 0.25) is 0 Å². The number of para-hydroxylation sites is 1. The van der Waals surface area contributed by atoms with Crippen molar-refractivity contribution in [3.05, 3.63) is 54.1 Å². The Bertz CT molecular complexity index is 1130. The van der Waals surface area contributed by atoms with Gasteiger partial charge in [-0.15, -0.1) is 10.2 Å². The summed E-state index contributed by atoms with van der Waals surface area (Å²) in [4.78, 5) is 24.5. The van der Waals surface area contributed by atoms with E-state index in [-0.39, 0.29) is 18.3 Å². The average molecular weight is 484 g/mol. The van der Waals surface area contributed by atoms with Crippen molar-refractivity contribution in [3.8, 4) is 28.5 Å². The Labute approximate surface area is 201 Å². The number of methoxy groups -OCH3 is 3. The monoisotopic (exact) mass is 483 g/mol. The molecule has 0 radical (unpaired) electrons. The molecule has 0 bridgehead atoms. The van der Waals surface area contributed by atoms with Gasteiger partial charge < -0.3 is 24.3 Å². The second kappa shape index (κ2) is 11.9. The fourth-order valence-corrected chi connectivity index (χ4v) is 3.70. The molecule has 9 nitrogen and oxygen atoms in total. The second-order valence-corrected chi connectivity index (χ2v) is 7.77. The summed E-state index contributed by atoms with van der Waals surface area (Å²) in [5, 5.41) is 11.8. The van der Waals surface area contributed by atoms with Gasteiger partial charge in [-0.1, -0.05) is 23.9 Å². The minimum atomic E-state index is -0.487. The van der Waals surface area contributed by atoms with E-state index in [4.69, 9.17) is 18.9 Å². The van der Waals surface area contributed by atoms with Crippen LogP contribution in [0.4, 0.5) is 5.69 Å². The number of nitrogens with one attached hydrogen (secondary N) is 1. The topological polar surface area (TPSA) is 109 Å². The lowest BCUT2D eigenvalue weighted by Crippen LogP contribution is -2.17. The molecule has 0 aliphatic carbocycles. The quantitative estimate of drug-likeness (QED) is 0.337. The standard InChI is InChI=1S/C24H25N3O6S/c1-5-33-24(29)16-8-6-7-9-18(16)25-21(28)14-34-22-11-10-17(26-27-22)15-12-19(30-2)23(32-4)20(13-15)31-3/h6-13H,5,14H2,1-4H3,(H,25,28). The van der Waals surface area contributed by atoms with Crippen LogP contribution in [0.25, 0.3) is 11.3 Å². The number of amides is 1. The van der Waals surface area contributed by atoms with Crippen molar-refractivity contribution in [2.24, 2.45) is 0 Å². The molecule has 1 amide bonds. The normalized spacial score (nSPS) is 10.4. The average Bonchev–Trinajstić information content (AvgIpc) is 2.87. The Morgan fingerprint density at radius 3 is 2.24 bits per heavy atom. The fourth-order valence-electron chi connectivity index (χ4n) is 3.08. The molecule has 0 saturated heterocycles. The molecule has 3 aromatic rings. The zero-order valence-corrected chi connectivity index (χ0v) is 20.1. The number of thioether (sulfide) groups is 1. The molecular formula is C24H25N3O6S. The van der Waals surface area contributed by atoms with E-state index < -0.39 is 5.97 Å². The third-order valence-electron chi connectivity index (χ3n) is 4.65. The molecule has 1 heterocycles. The summed E-state index contributed by atoms with van der Waals surface area (Å²) in [6.45, 7) is 1.98. The number of anilines is 1. The van der Waals surface area contributed by atoms with Crippen LogP contribution in [0.3, 0.4) is 0 Å². The van der Waals surface area contributed by atoms with Gasteiger partial charge >= 0.3 is 5.97 Å². The molecule has 1 N–H and O–H groups in total. The summed E-state index contributed by atoms with van der Waals surface area (Å²) >= 11 is 1.23. The number of benzene rings is 2. The number of nitrogens with zero attached hydrogens (tertiary/aromatic N) is 2. The van der Waals surface area contributed by atoms with Crippen LogP contribution in [-0.2, 0) is 9.53 Å². The van der Waals surface area contributed by atoms with Gasteiger partial charge in [-0.25, -0.2) is 4.79 Å². The van der Waals surface area contributed by atoms with E-state index in [1.807, 2.05) is 0 Å². The Morgan fingerprint density at radius 1 is 0.941 bits per heavy atom. The van der Waals surface area contributed by atoms with Gasteiger partial charge in [-0.2, -0.15) is 0 Å². The first kappa shape index (κ1) is 24.8. The summed E-state index contributed by atoms with van der Waals surface area (Å²) in [6.07, 6.45) is 0. The van der Waals surface area contributed by atoms with E-state index in [1.54, 1.807) is 69.7 Å². The third-order valence-corrected chi connectivity index (χ3v) is 5.57. The van der Waals surface area contributed by atoms with Crippen molar-refractivity contribution in [2.45, 2.75) is 11.9 Å². The van der Waals surface area contributed by atoms with E-state index in [2.05, 4.69) is 15.5 Å². The minimum Gasteiger partial charge on any atom is -0.493 e. The molecule has 0 aliphatic rings. The second-order valence-electron chi connectivity index (χ2n) is 6.77. The van der Waals surface area contributed by atoms with Gasteiger partial charge in [-0.05, 0) is 43.3 Å². The largest absolute Gasteiger partial charge is 0.493 e. The van der Waals surface area contributed by atoms with Crippen LogP contribution >= 0.6 is 11.8 Å². The maximum atomic E-state index is 12.4. The number of carbonyl (C=O) groups excluding carboxylic acids is 2. The molecule has 0 saturated carbocycles. The first-order valence-corrected chi connectivity index (χ1v) is 11.3. The fraction of sp³-hybridized carbons (Fsp3) is 0.250. The number of rotatable bonds is 10. The highest BCUT2D eigenvalue weighted by molar-refractivity contribution is 7.99. The molecule has 0 aliphatic heterocycles. The predicted molar refractivity (Wildman–Crippen MR) is 129 cm³/mol. The highest BCUT2D eigenvalue weighted by atomic mass is 32.2. The highest BCUT2D eigenvalue weighted by Gasteiger charge is 2.16. The summed E-state index contributed by atoms with van der Waals surface area (Å²) in [6, 6.07) is 13.8. The highest BCUT2D eigenvalue weighted by Crippen LogP contribution is 2.40.